The lowest BCUT2D eigenvalue weighted by Gasteiger charge is -2.25. The second kappa shape index (κ2) is 6.13. The van der Waals surface area contributed by atoms with Crippen LogP contribution in [0.5, 0.6) is 0 Å². The Kier molecular flexibility index (Phi) is 3.91. The molecule has 3 aromatic heterocycles. The Morgan fingerprint density at radius 2 is 1.96 bits per heavy atom. The quantitative estimate of drug-likeness (QED) is 0.697. The van der Waals surface area contributed by atoms with Crippen molar-refractivity contribution < 1.29 is 27.1 Å². The van der Waals surface area contributed by atoms with Crippen LogP contribution in [0, 0.1) is 0 Å². The monoisotopic (exact) mass is 366 g/mol. The third-order valence-corrected chi connectivity index (χ3v) is 4.01. The highest BCUT2D eigenvalue weighted by atomic mass is 19.4. The average molecular weight is 366 g/mol. The van der Waals surface area contributed by atoms with Crippen molar-refractivity contribution in [3.8, 4) is 11.5 Å². The van der Waals surface area contributed by atoms with Gasteiger partial charge >= 0.3 is 6.18 Å². The fourth-order valence-corrected chi connectivity index (χ4v) is 2.76. The Labute approximate surface area is 145 Å². The van der Waals surface area contributed by atoms with Crippen LogP contribution in [0.25, 0.3) is 17.1 Å². The summed E-state index contributed by atoms with van der Waals surface area (Å²) in [6.45, 7) is 1.50. The number of fused-ring (bicyclic) bond motifs is 1. The van der Waals surface area contributed by atoms with E-state index in [1.807, 2.05) is 0 Å². The third-order valence-electron chi connectivity index (χ3n) is 4.01. The SMILES string of the molecule is O=C(c1cc2nc(-c3ccco3)cc(C(F)(F)F)n2n1)N1CCOCC1. The summed E-state index contributed by atoms with van der Waals surface area (Å²) in [5.74, 6) is -0.258. The normalized spacial score (nSPS) is 15.6. The summed E-state index contributed by atoms with van der Waals surface area (Å²) >= 11 is 0. The Bertz CT molecular complexity index is 944. The minimum absolute atomic E-state index is 0.0140. The Morgan fingerprint density at radius 1 is 1.19 bits per heavy atom. The van der Waals surface area contributed by atoms with Crippen molar-refractivity contribution in [3.63, 3.8) is 0 Å². The van der Waals surface area contributed by atoms with Gasteiger partial charge in [-0.1, -0.05) is 0 Å². The predicted molar refractivity (Wildman–Crippen MR) is 82.4 cm³/mol. The maximum Gasteiger partial charge on any atom is 0.433 e. The van der Waals surface area contributed by atoms with Crippen molar-refractivity contribution in [2.75, 3.05) is 26.3 Å². The highest BCUT2D eigenvalue weighted by molar-refractivity contribution is 5.93. The highest BCUT2D eigenvalue weighted by Gasteiger charge is 2.36. The molecule has 1 amide bonds. The van der Waals surface area contributed by atoms with Gasteiger partial charge in [0.15, 0.2) is 22.8 Å². The van der Waals surface area contributed by atoms with Crippen molar-refractivity contribution in [1.82, 2.24) is 19.5 Å². The zero-order valence-electron chi connectivity index (χ0n) is 13.4. The first kappa shape index (κ1) is 16.6. The average Bonchev–Trinajstić information content (AvgIpc) is 3.29. The van der Waals surface area contributed by atoms with Crippen molar-refractivity contribution in [2.45, 2.75) is 6.18 Å². The number of aromatic nitrogens is 3. The number of carbonyl (C=O) groups is 1. The molecule has 0 radical (unpaired) electrons. The molecule has 1 saturated heterocycles. The molecule has 0 N–H and O–H groups in total. The highest BCUT2D eigenvalue weighted by Crippen LogP contribution is 2.32. The molecule has 0 aliphatic carbocycles. The zero-order chi connectivity index (χ0) is 18.3. The lowest BCUT2D eigenvalue weighted by atomic mass is 10.2. The minimum atomic E-state index is -4.67. The second-order valence-electron chi connectivity index (χ2n) is 5.71. The lowest BCUT2D eigenvalue weighted by Crippen LogP contribution is -2.40. The number of hydrogen-bond acceptors (Lipinski definition) is 5. The molecule has 3 aromatic rings. The van der Waals surface area contributed by atoms with Crippen LogP contribution in [-0.2, 0) is 10.9 Å². The number of halogens is 3. The Hall–Kier alpha value is -2.88. The molecule has 0 saturated carbocycles. The number of furan rings is 1. The van der Waals surface area contributed by atoms with Gasteiger partial charge in [-0.15, -0.1) is 0 Å². The van der Waals surface area contributed by atoms with Crippen LogP contribution in [-0.4, -0.2) is 51.7 Å². The van der Waals surface area contributed by atoms with Gasteiger partial charge in [0, 0.05) is 19.2 Å². The third kappa shape index (κ3) is 2.92. The molecule has 10 heteroatoms. The first-order valence-corrected chi connectivity index (χ1v) is 7.82. The number of amides is 1. The standard InChI is InChI=1S/C16H13F3N4O3/c17-16(18,19)13-8-10(12-2-1-5-26-12)20-14-9-11(21-23(13)14)15(24)22-3-6-25-7-4-22/h1-2,5,8-9H,3-4,6-7H2. The molecule has 0 bridgehead atoms. The van der Waals surface area contributed by atoms with E-state index >= 15 is 0 Å². The summed E-state index contributed by atoms with van der Waals surface area (Å²) < 4.78 is 51.4. The number of morpholine rings is 1. The second-order valence-corrected chi connectivity index (χ2v) is 5.71. The van der Waals surface area contributed by atoms with Crippen LogP contribution in [0.2, 0.25) is 0 Å². The summed E-state index contributed by atoms with van der Waals surface area (Å²) in [5.41, 5.74) is -1.20. The van der Waals surface area contributed by atoms with Gasteiger partial charge in [-0.25, -0.2) is 9.50 Å². The summed E-state index contributed by atoms with van der Waals surface area (Å²) in [5, 5.41) is 3.85. The van der Waals surface area contributed by atoms with Crippen LogP contribution >= 0.6 is 0 Å². The van der Waals surface area contributed by atoms with E-state index < -0.39 is 17.8 Å². The molecule has 136 valence electrons. The number of ether oxygens (including phenoxy) is 1. The summed E-state index contributed by atoms with van der Waals surface area (Å²) in [7, 11) is 0. The van der Waals surface area contributed by atoms with Gasteiger partial charge in [-0.3, -0.25) is 4.79 Å². The van der Waals surface area contributed by atoms with Gasteiger partial charge in [0.2, 0.25) is 0 Å². The van der Waals surface area contributed by atoms with Crippen molar-refractivity contribution in [3.05, 3.63) is 41.9 Å². The number of carbonyl (C=O) groups excluding carboxylic acids is 1. The van der Waals surface area contributed by atoms with Gasteiger partial charge in [-0.2, -0.15) is 18.3 Å². The maximum atomic E-state index is 13.5. The van der Waals surface area contributed by atoms with Gasteiger partial charge in [0.25, 0.3) is 5.91 Å². The van der Waals surface area contributed by atoms with Gasteiger partial charge in [-0.05, 0) is 18.2 Å². The first-order chi connectivity index (χ1) is 12.4. The fraction of sp³-hybridized carbons (Fsp3) is 0.312. The van der Waals surface area contributed by atoms with E-state index in [0.717, 1.165) is 6.07 Å². The van der Waals surface area contributed by atoms with Crippen molar-refractivity contribution >= 4 is 11.6 Å². The van der Waals surface area contributed by atoms with E-state index in [1.165, 1.54) is 23.3 Å². The number of rotatable bonds is 2. The molecule has 1 aliphatic rings. The van der Waals surface area contributed by atoms with Crippen LogP contribution in [0.15, 0.2) is 34.9 Å². The summed E-state index contributed by atoms with van der Waals surface area (Å²) in [6.07, 6.45) is -3.33. The summed E-state index contributed by atoms with van der Waals surface area (Å²) in [6, 6.07) is 5.16. The van der Waals surface area contributed by atoms with E-state index in [-0.39, 0.29) is 22.8 Å². The van der Waals surface area contributed by atoms with Crippen LogP contribution in [0.4, 0.5) is 13.2 Å². The number of hydrogen-bond donors (Lipinski definition) is 0. The van der Waals surface area contributed by atoms with Crippen LogP contribution < -0.4 is 0 Å². The summed E-state index contributed by atoms with van der Waals surface area (Å²) in [4.78, 5) is 18.2. The molecule has 1 fully saturated rings. The van der Waals surface area contributed by atoms with Crippen molar-refractivity contribution in [2.24, 2.45) is 0 Å². The molecule has 4 rings (SSSR count). The molecule has 0 aromatic carbocycles. The molecule has 0 spiro atoms. The van der Waals surface area contributed by atoms with Gasteiger partial charge in [0.1, 0.15) is 5.69 Å². The van der Waals surface area contributed by atoms with Crippen LogP contribution in [0.3, 0.4) is 0 Å². The fourth-order valence-electron chi connectivity index (χ4n) is 2.76. The van der Waals surface area contributed by atoms with Gasteiger partial charge < -0.3 is 14.1 Å². The van der Waals surface area contributed by atoms with Crippen molar-refractivity contribution in [1.29, 1.82) is 0 Å². The van der Waals surface area contributed by atoms with E-state index in [4.69, 9.17) is 9.15 Å². The van der Waals surface area contributed by atoms with E-state index in [0.29, 0.717) is 30.8 Å². The molecule has 7 nitrogen and oxygen atoms in total. The van der Waals surface area contributed by atoms with E-state index in [2.05, 4.69) is 10.1 Å². The topological polar surface area (TPSA) is 72.9 Å². The lowest BCUT2D eigenvalue weighted by molar-refractivity contribution is -0.142. The van der Waals surface area contributed by atoms with Crippen LogP contribution in [0.1, 0.15) is 16.2 Å². The number of alkyl halides is 3. The number of nitrogens with zero attached hydrogens (tertiary/aromatic N) is 4. The maximum absolute atomic E-state index is 13.5. The predicted octanol–water partition coefficient (Wildman–Crippen LogP) is 2.48. The Balaban J connectivity index is 1.82. The molecule has 1 aliphatic heterocycles. The molecular weight excluding hydrogens is 353 g/mol. The molecule has 26 heavy (non-hydrogen) atoms. The first-order valence-electron chi connectivity index (χ1n) is 7.82. The largest absolute Gasteiger partial charge is 0.463 e. The minimum Gasteiger partial charge on any atom is -0.463 e. The molecule has 0 unspecified atom stereocenters. The zero-order valence-corrected chi connectivity index (χ0v) is 13.4. The molecule has 0 atom stereocenters. The smallest absolute Gasteiger partial charge is 0.433 e. The molecule has 4 heterocycles. The molecular formula is C16H13F3N4O3. The van der Waals surface area contributed by atoms with E-state index in [1.54, 1.807) is 6.07 Å². The van der Waals surface area contributed by atoms with Gasteiger partial charge in [0.05, 0.1) is 19.5 Å². The van der Waals surface area contributed by atoms with E-state index in [9.17, 15) is 18.0 Å². The Morgan fingerprint density at radius 3 is 2.62 bits per heavy atom.